The molecule has 0 aliphatic rings. The molecule has 2 aromatic rings. The van der Waals surface area contributed by atoms with E-state index in [4.69, 9.17) is 9.47 Å². The Bertz CT molecular complexity index is 898. The van der Waals surface area contributed by atoms with Crippen LogP contribution < -0.4 is 14.8 Å². The SMILES string of the molecule is C=CCc1ccc(OCC(=O)Nc2cc(C(=O)OC)c(F)cc2F)c(OC)c1. The maximum Gasteiger partial charge on any atom is 0.340 e. The Labute approximate surface area is 160 Å². The molecule has 2 rings (SSSR count). The molecule has 0 bridgehead atoms. The first-order valence-corrected chi connectivity index (χ1v) is 8.17. The third-order valence-corrected chi connectivity index (χ3v) is 3.70. The highest BCUT2D eigenvalue weighted by molar-refractivity contribution is 5.95. The summed E-state index contributed by atoms with van der Waals surface area (Å²) in [7, 11) is 2.52. The molecule has 0 saturated heterocycles. The maximum absolute atomic E-state index is 13.9. The van der Waals surface area contributed by atoms with Crippen LogP contribution in [0.3, 0.4) is 0 Å². The number of anilines is 1. The summed E-state index contributed by atoms with van der Waals surface area (Å²) in [6, 6.07) is 6.53. The van der Waals surface area contributed by atoms with Gasteiger partial charge in [0.2, 0.25) is 0 Å². The van der Waals surface area contributed by atoms with E-state index in [1.165, 1.54) is 7.11 Å². The summed E-state index contributed by atoms with van der Waals surface area (Å²) in [6.45, 7) is 3.20. The molecule has 0 saturated carbocycles. The zero-order valence-electron chi connectivity index (χ0n) is 15.4. The molecule has 0 atom stereocenters. The average molecular weight is 391 g/mol. The van der Waals surface area contributed by atoms with Crippen molar-refractivity contribution in [2.45, 2.75) is 6.42 Å². The van der Waals surface area contributed by atoms with Crippen molar-refractivity contribution in [1.82, 2.24) is 0 Å². The van der Waals surface area contributed by atoms with Crippen LogP contribution in [0, 0.1) is 11.6 Å². The second kappa shape index (κ2) is 9.50. The van der Waals surface area contributed by atoms with E-state index in [1.54, 1.807) is 24.3 Å². The molecule has 0 heterocycles. The van der Waals surface area contributed by atoms with Crippen LogP contribution in [-0.2, 0) is 16.0 Å². The molecular weight excluding hydrogens is 372 g/mol. The maximum atomic E-state index is 13.9. The third kappa shape index (κ3) is 5.06. The lowest BCUT2D eigenvalue weighted by molar-refractivity contribution is -0.118. The van der Waals surface area contributed by atoms with Gasteiger partial charge in [0.1, 0.15) is 11.6 Å². The second-order valence-electron chi connectivity index (χ2n) is 5.62. The van der Waals surface area contributed by atoms with E-state index in [-0.39, 0.29) is 5.69 Å². The van der Waals surface area contributed by atoms with Crippen molar-refractivity contribution in [3.63, 3.8) is 0 Å². The van der Waals surface area contributed by atoms with E-state index in [0.29, 0.717) is 24.0 Å². The second-order valence-corrected chi connectivity index (χ2v) is 5.62. The monoisotopic (exact) mass is 391 g/mol. The molecule has 1 N–H and O–H groups in total. The highest BCUT2D eigenvalue weighted by atomic mass is 19.1. The van der Waals surface area contributed by atoms with Crippen molar-refractivity contribution >= 4 is 17.6 Å². The Morgan fingerprint density at radius 1 is 1.11 bits per heavy atom. The van der Waals surface area contributed by atoms with Gasteiger partial charge in [-0.2, -0.15) is 0 Å². The third-order valence-electron chi connectivity index (χ3n) is 3.70. The van der Waals surface area contributed by atoms with Gasteiger partial charge in [-0.15, -0.1) is 6.58 Å². The number of benzene rings is 2. The molecular formula is C20H19F2NO5. The number of amides is 1. The zero-order chi connectivity index (χ0) is 20.7. The number of esters is 1. The van der Waals surface area contributed by atoms with E-state index in [9.17, 15) is 18.4 Å². The van der Waals surface area contributed by atoms with E-state index in [1.807, 2.05) is 0 Å². The van der Waals surface area contributed by atoms with Crippen molar-refractivity contribution in [1.29, 1.82) is 0 Å². The minimum Gasteiger partial charge on any atom is -0.493 e. The van der Waals surface area contributed by atoms with Crippen molar-refractivity contribution in [2.75, 3.05) is 26.1 Å². The van der Waals surface area contributed by atoms with Gasteiger partial charge in [0, 0.05) is 6.07 Å². The predicted molar refractivity (Wildman–Crippen MR) is 98.7 cm³/mol. The van der Waals surface area contributed by atoms with Crippen molar-refractivity contribution < 1.29 is 32.6 Å². The number of hydrogen-bond donors (Lipinski definition) is 1. The summed E-state index contributed by atoms with van der Waals surface area (Å²) in [5.74, 6) is -3.09. The Morgan fingerprint density at radius 2 is 1.86 bits per heavy atom. The molecule has 0 aliphatic carbocycles. The molecule has 0 unspecified atom stereocenters. The van der Waals surface area contributed by atoms with Gasteiger partial charge in [-0.25, -0.2) is 13.6 Å². The first-order chi connectivity index (χ1) is 13.4. The van der Waals surface area contributed by atoms with E-state index in [2.05, 4.69) is 16.6 Å². The van der Waals surface area contributed by atoms with E-state index < -0.39 is 35.7 Å². The lowest BCUT2D eigenvalue weighted by Gasteiger charge is -2.13. The van der Waals surface area contributed by atoms with Gasteiger partial charge in [-0.05, 0) is 30.2 Å². The number of carbonyl (C=O) groups is 2. The van der Waals surface area contributed by atoms with Gasteiger partial charge in [0.05, 0.1) is 25.5 Å². The van der Waals surface area contributed by atoms with Gasteiger partial charge in [0.25, 0.3) is 5.91 Å². The van der Waals surface area contributed by atoms with Crippen LogP contribution in [0.2, 0.25) is 0 Å². The average Bonchev–Trinajstić information content (AvgIpc) is 2.68. The topological polar surface area (TPSA) is 73.9 Å². The minimum absolute atomic E-state index is 0.320. The fourth-order valence-electron chi connectivity index (χ4n) is 2.37. The molecule has 8 heteroatoms. The molecule has 0 aliphatic heterocycles. The number of methoxy groups -OCH3 is 2. The van der Waals surface area contributed by atoms with Crippen molar-refractivity contribution in [3.8, 4) is 11.5 Å². The highest BCUT2D eigenvalue weighted by Crippen LogP contribution is 2.28. The van der Waals surface area contributed by atoms with Crippen LogP contribution >= 0.6 is 0 Å². The standard InChI is InChI=1S/C20H19F2NO5/c1-4-5-12-6-7-17(18(8-12)26-2)28-11-19(24)23-16-9-13(20(25)27-3)14(21)10-15(16)22/h4,6-10H,1,5,11H2,2-3H3,(H,23,24). The molecule has 28 heavy (non-hydrogen) atoms. The van der Waals surface area contributed by atoms with Crippen LogP contribution in [0.1, 0.15) is 15.9 Å². The van der Waals surface area contributed by atoms with Crippen molar-refractivity contribution in [2.24, 2.45) is 0 Å². The molecule has 0 fully saturated rings. The number of ether oxygens (including phenoxy) is 3. The number of hydrogen-bond acceptors (Lipinski definition) is 5. The zero-order valence-corrected chi connectivity index (χ0v) is 15.4. The minimum atomic E-state index is -1.09. The molecule has 1 amide bonds. The van der Waals surface area contributed by atoms with Gasteiger partial charge in [-0.3, -0.25) is 4.79 Å². The Balaban J connectivity index is 2.09. The molecule has 148 valence electrons. The fourth-order valence-corrected chi connectivity index (χ4v) is 2.37. The summed E-state index contributed by atoms with van der Waals surface area (Å²) >= 11 is 0. The lowest BCUT2D eigenvalue weighted by atomic mass is 10.1. The molecule has 6 nitrogen and oxygen atoms in total. The first kappa shape index (κ1) is 20.9. The number of rotatable bonds is 8. The smallest absolute Gasteiger partial charge is 0.340 e. The van der Waals surface area contributed by atoms with Gasteiger partial charge in [0.15, 0.2) is 18.1 Å². The summed E-state index contributed by atoms with van der Waals surface area (Å²) in [6.07, 6.45) is 2.38. The van der Waals surface area contributed by atoms with Gasteiger partial charge in [-0.1, -0.05) is 12.1 Å². The number of halogens is 2. The number of allylic oxidation sites excluding steroid dienone is 1. The summed E-state index contributed by atoms with van der Waals surface area (Å²) < 4.78 is 42.6. The van der Waals surface area contributed by atoms with Crippen LogP contribution in [0.5, 0.6) is 11.5 Å². The van der Waals surface area contributed by atoms with E-state index >= 15 is 0 Å². The normalized spacial score (nSPS) is 10.1. The lowest BCUT2D eigenvalue weighted by Crippen LogP contribution is -2.21. The number of nitrogens with one attached hydrogen (secondary N) is 1. The molecule has 0 aromatic heterocycles. The van der Waals surface area contributed by atoms with Gasteiger partial charge >= 0.3 is 5.97 Å². The van der Waals surface area contributed by atoms with Crippen LogP contribution in [0.4, 0.5) is 14.5 Å². The largest absolute Gasteiger partial charge is 0.493 e. The van der Waals surface area contributed by atoms with Crippen molar-refractivity contribution in [3.05, 3.63) is 65.7 Å². The quantitative estimate of drug-likeness (QED) is 0.551. The summed E-state index contributed by atoms with van der Waals surface area (Å²) in [5, 5.41) is 2.23. The summed E-state index contributed by atoms with van der Waals surface area (Å²) in [4.78, 5) is 23.6. The van der Waals surface area contributed by atoms with E-state index in [0.717, 1.165) is 18.7 Å². The Hall–Kier alpha value is -3.42. The van der Waals surface area contributed by atoms with Gasteiger partial charge < -0.3 is 19.5 Å². The predicted octanol–water partition coefficient (Wildman–Crippen LogP) is 3.51. The summed E-state index contributed by atoms with van der Waals surface area (Å²) in [5.41, 5.74) is 0.0793. The Kier molecular flexibility index (Phi) is 7.08. The Morgan fingerprint density at radius 3 is 2.50 bits per heavy atom. The molecule has 0 radical (unpaired) electrons. The molecule has 2 aromatic carbocycles. The van der Waals surface area contributed by atoms with Crippen LogP contribution in [0.25, 0.3) is 0 Å². The number of carbonyl (C=O) groups excluding carboxylic acids is 2. The first-order valence-electron chi connectivity index (χ1n) is 8.17. The molecule has 0 spiro atoms. The highest BCUT2D eigenvalue weighted by Gasteiger charge is 2.18. The van der Waals surface area contributed by atoms with Crippen LogP contribution in [-0.4, -0.2) is 32.7 Å². The fraction of sp³-hybridized carbons (Fsp3) is 0.200. The van der Waals surface area contributed by atoms with Crippen LogP contribution in [0.15, 0.2) is 43.0 Å².